The van der Waals surface area contributed by atoms with Crippen LogP contribution in [0.2, 0.25) is 5.02 Å². The summed E-state index contributed by atoms with van der Waals surface area (Å²) in [4.78, 5) is 14.2. The van der Waals surface area contributed by atoms with Gasteiger partial charge in [0.2, 0.25) is 0 Å². The molecule has 0 bridgehead atoms. The maximum atomic E-state index is 5.91. The number of guanidine groups is 1. The summed E-state index contributed by atoms with van der Waals surface area (Å²) in [6, 6.07) is 11.9. The Hall–Kier alpha value is -2.51. The SMILES string of the molecule is CN=C(NCCSc1ccc(Cl)cc1)NCc1ccc(-n2ccnc2C)nc1. The van der Waals surface area contributed by atoms with E-state index >= 15 is 0 Å². The lowest BCUT2D eigenvalue weighted by Crippen LogP contribution is -2.37. The Balaban J connectivity index is 1.42. The van der Waals surface area contributed by atoms with Crippen molar-refractivity contribution in [3.05, 3.63) is 71.4 Å². The third-order valence-electron chi connectivity index (χ3n) is 4.04. The number of halogens is 1. The lowest BCUT2D eigenvalue weighted by atomic mass is 10.3. The second kappa shape index (κ2) is 10.1. The first-order chi connectivity index (χ1) is 13.7. The molecule has 0 aliphatic rings. The molecular formula is C20H23ClN6S. The van der Waals surface area contributed by atoms with Crippen LogP contribution in [0.5, 0.6) is 0 Å². The number of rotatable bonds is 7. The van der Waals surface area contributed by atoms with E-state index in [1.807, 2.05) is 54.2 Å². The van der Waals surface area contributed by atoms with Crippen LogP contribution >= 0.6 is 23.4 Å². The van der Waals surface area contributed by atoms with Crippen LogP contribution in [0.15, 0.2) is 64.9 Å². The molecule has 0 saturated heterocycles. The smallest absolute Gasteiger partial charge is 0.191 e. The predicted molar refractivity (Wildman–Crippen MR) is 116 cm³/mol. The normalized spacial score (nSPS) is 11.5. The summed E-state index contributed by atoms with van der Waals surface area (Å²) >= 11 is 7.68. The van der Waals surface area contributed by atoms with Crippen LogP contribution in [-0.4, -0.2) is 39.8 Å². The molecule has 2 N–H and O–H groups in total. The highest BCUT2D eigenvalue weighted by atomic mass is 35.5. The van der Waals surface area contributed by atoms with Gasteiger partial charge >= 0.3 is 0 Å². The van der Waals surface area contributed by atoms with Gasteiger partial charge in [0.25, 0.3) is 0 Å². The fourth-order valence-electron chi connectivity index (χ4n) is 2.56. The monoisotopic (exact) mass is 414 g/mol. The zero-order chi connectivity index (χ0) is 19.8. The molecule has 0 radical (unpaired) electrons. The van der Waals surface area contributed by atoms with E-state index in [0.717, 1.165) is 40.5 Å². The number of aromatic nitrogens is 3. The van der Waals surface area contributed by atoms with Crippen LogP contribution in [-0.2, 0) is 6.54 Å². The Labute approximate surface area is 174 Å². The van der Waals surface area contributed by atoms with Gasteiger partial charge in [-0.1, -0.05) is 17.7 Å². The van der Waals surface area contributed by atoms with Crippen LogP contribution in [0.25, 0.3) is 5.82 Å². The van der Waals surface area contributed by atoms with E-state index in [2.05, 4.69) is 31.7 Å². The summed E-state index contributed by atoms with van der Waals surface area (Å²) in [5.41, 5.74) is 1.08. The topological polar surface area (TPSA) is 67.1 Å². The second-order valence-electron chi connectivity index (χ2n) is 6.02. The number of imidazole rings is 1. The number of nitrogens with one attached hydrogen (secondary N) is 2. The first kappa shape index (κ1) is 20.2. The Kier molecular flexibility index (Phi) is 7.33. The average molecular weight is 415 g/mol. The Morgan fingerprint density at radius 2 is 1.96 bits per heavy atom. The van der Waals surface area contributed by atoms with Crippen molar-refractivity contribution in [1.82, 2.24) is 25.2 Å². The first-order valence-electron chi connectivity index (χ1n) is 8.94. The molecule has 0 saturated carbocycles. The van der Waals surface area contributed by atoms with Crippen molar-refractivity contribution in [3.63, 3.8) is 0 Å². The van der Waals surface area contributed by atoms with Gasteiger partial charge in [-0.25, -0.2) is 9.97 Å². The first-order valence-corrected chi connectivity index (χ1v) is 10.3. The number of hydrogen-bond acceptors (Lipinski definition) is 4. The zero-order valence-electron chi connectivity index (χ0n) is 15.9. The highest BCUT2D eigenvalue weighted by Gasteiger charge is 2.03. The molecule has 0 amide bonds. The van der Waals surface area contributed by atoms with Gasteiger partial charge in [0, 0.05) is 54.4 Å². The van der Waals surface area contributed by atoms with E-state index in [-0.39, 0.29) is 0 Å². The van der Waals surface area contributed by atoms with Gasteiger partial charge in [-0.05, 0) is 42.8 Å². The van der Waals surface area contributed by atoms with Crippen molar-refractivity contribution < 1.29 is 0 Å². The molecule has 146 valence electrons. The van der Waals surface area contributed by atoms with Gasteiger partial charge in [0.15, 0.2) is 5.96 Å². The van der Waals surface area contributed by atoms with Gasteiger partial charge in [-0.15, -0.1) is 11.8 Å². The van der Waals surface area contributed by atoms with Crippen LogP contribution in [0, 0.1) is 6.92 Å². The number of pyridine rings is 1. The molecule has 2 aromatic heterocycles. The number of thioether (sulfide) groups is 1. The number of nitrogens with zero attached hydrogens (tertiary/aromatic N) is 4. The van der Waals surface area contributed by atoms with Crippen molar-refractivity contribution in [2.45, 2.75) is 18.4 Å². The number of aryl methyl sites for hydroxylation is 1. The molecule has 8 heteroatoms. The second-order valence-corrected chi connectivity index (χ2v) is 7.63. The molecular weight excluding hydrogens is 392 g/mol. The standard InChI is InChI=1S/C20H23ClN6S/c1-15-23-9-11-27(15)19-8-3-16(13-25-19)14-26-20(22-2)24-10-12-28-18-6-4-17(21)5-7-18/h3-9,11,13H,10,12,14H2,1-2H3,(H2,22,24,26). The highest BCUT2D eigenvalue weighted by Crippen LogP contribution is 2.19. The lowest BCUT2D eigenvalue weighted by molar-refractivity contribution is 0.826. The Bertz CT molecular complexity index is 905. The minimum atomic E-state index is 0.653. The van der Waals surface area contributed by atoms with Crippen LogP contribution in [0.3, 0.4) is 0 Å². The van der Waals surface area contributed by atoms with E-state index in [0.29, 0.717) is 6.54 Å². The molecule has 0 fully saturated rings. The summed E-state index contributed by atoms with van der Waals surface area (Å²) in [5.74, 6) is 3.48. The summed E-state index contributed by atoms with van der Waals surface area (Å²) in [7, 11) is 1.77. The van der Waals surface area contributed by atoms with Crippen molar-refractivity contribution in [2.24, 2.45) is 4.99 Å². The van der Waals surface area contributed by atoms with Crippen LogP contribution in [0.1, 0.15) is 11.4 Å². The molecule has 28 heavy (non-hydrogen) atoms. The fraction of sp³-hybridized carbons (Fsp3) is 0.250. The molecule has 3 rings (SSSR count). The van der Waals surface area contributed by atoms with Gasteiger partial charge in [0.1, 0.15) is 11.6 Å². The van der Waals surface area contributed by atoms with Gasteiger partial charge < -0.3 is 10.6 Å². The highest BCUT2D eigenvalue weighted by molar-refractivity contribution is 7.99. The van der Waals surface area contributed by atoms with Gasteiger partial charge in [0.05, 0.1) is 0 Å². The van der Waals surface area contributed by atoms with E-state index in [4.69, 9.17) is 11.6 Å². The number of benzene rings is 1. The largest absolute Gasteiger partial charge is 0.356 e. The molecule has 3 aromatic rings. The molecule has 0 unspecified atom stereocenters. The van der Waals surface area contributed by atoms with Crippen LogP contribution < -0.4 is 10.6 Å². The summed E-state index contributed by atoms with van der Waals surface area (Å²) in [6.45, 7) is 3.42. The summed E-state index contributed by atoms with van der Waals surface area (Å²) in [6.07, 6.45) is 5.54. The van der Waals surface area contributed by atoms with Gasteiger partial charge in [-0.2, -0.15) is 0 Å². The minimum Gasteiger partial charge on any atom is -0.356 e. The molecule has 2 heterocycles. The average Bonchev–Trinajstić information content (AvgIpc) is 3.15. The van der Waals surface area contributed by atoms with E-state index in [9.17, 15) is 0 Å². The maximum absolute atomic E-state index is 5.91. The van der Waals surface area contributed by atoms with E-state index < -0.39 is 0 Å². The molecule has 6 nitrogen and oxygen atoms in total. The van der Waals surface area contributed by atoms with Crippen molar-refractivity contribution in [1.29, 1.82) is 0 Å². The predicted octanol–water partition coefficient (Wildman–Crippen LogP) is 3.69. The van der Waals surface area contributed by atoms with Crippen molar-refractivity contribution in [2.75, 3.05) is 19.3 Å². The molecule has 1 aromatic carbocycles. The maximum Gasteiger partial charge on any atom is 0.191 e. The molecule has 0 spiro atoms. The molecule has 0 aliphatic heterocycles. The van der Waals surface area contributed by atoms with Crippen molar-refractivity contribution >= 4 is 29.3 Å². The Morgan fingerprint density at radius 1 is 1.14 bits per heavy atom. The summed E-state index contributed by atoms with van der Waals surface area (Å²) in [5, 5.41) is 7.39. The molecule has 0 aliphatic carbocycles. The third kappa shape index (κ3) is 5.74. The lowest BCUT2D eigenvalue weighted by Gasteiger charge is -2.12. The van der Waals surface area contributed by atoms with E-state index in [1.165, 1.54) is 4.90 Å². The van der Waals surface area contributed by atoms with Gasteiger partial charge in [-0.3, -0.25) is 9.56 Å². The summed E-state index contributed by atoms with van der Waals surface area (Å²) < 4.78 is 1.95. The molecule has 0 atom stereocenters. The van der Waals surface area contributed by atoms with Crippen molar-refractivity contribution in [3.8, 4) is 5.82 Å². The van der Waals surface area contributed by atoms with Crippen LogP contribution in [0.4, 0.5) is 0 Å². The Morgan fingerprint density at radius 3 is 2.61 bits per heavy atom. The quantitative estimate of drug-likeness (QED) is 0.267. The zero-order valence-corrected chi connectivity index (χ0v) is 17.5. The number of hydrogen-bond donors (Lipinski definition) is 2. The van der Waals surface area contributed by atoms with E-state index in [1.54, 1.807) is 25.0 Å². The third-order valence-corrected chi connectivity index (χ3v) is 5.31. The minimum absolute atomic E-state index is 0.653. The number of aliphatic imine (C=N–C) groups is 1. The fourth-order valence-corrected chi connectivity index (χ4v) is 3.45.